The highest BCUT2D eigenvalue weighted by molar-refractivity contribution is 7.81. The molecule has 0 aromatic heterocycles. The Bertz CT molecular complexity index is 1040. The lowest BCUT2D eigenvalue weighted by Gasteiger charge is -2.36. The first-order valence-electron chi connectivity index (χ1n) is 12.6. The van der Waals surface area contributed by atoms with Gasteiger partial charge in [-0.1, -0.05) is 55.6 Å². The first-order valence-corrected chi connectivity index (χ1v) is 13.2. The first-order chi connectivity index (χ1) is 16.7. The Labute approximate surface area is 212 Å². The lowest BCUT2D eigenvalue weighted by Crippen LogP contribution is -2.47. The van der Waals surface area contributed by atoms with E-state index in [1.54, 1.807) is 12.1 Å². The molecule has 1 heterocycles. The Morgan fingerprint density at radius 1 is 1.06 bits per heavy atom. The Hall–Kier alpha value is -1.99. The molecule has 0 atom stereocenters. The second kappa shape index (κ2) is 11.4. The maximum atomic E-state index is 13.8. The molecule has 4 rings (SSSR count). The summed E-state index contributed by atoms with van der Waals surface area (Å²) in [6, 6.07) is 10.9. The fraction of sp³-hybridized carbons (Fsp3) is 0.536. The van der Waals surface area contributed by atoms with Gasteiger partial charge in [0, 0.05) is 24.9 Å². The summed E-state index contributed by atoms with van der Waals surface area (Å²) < 4.78 is 41.4. The molecular formula is C28H35F3N2OS. The summed E-state index contributed by atoms with van der Waals surface area (Å²) in [7, 11) is 0. The predicted octanol–water partition coefficient (Wildman–Crippen LogP) is 7.37. The van der Waals surface area contributed by atoms with E-state index >= 15 is 0 Å². The van der Waals surface area contributed by atoms with E-state index in [0.717, 1.165) is 63.7 Å². The Morgan fingerprint density at radius 2 is 1.80 bits per heavy atom. The molecule has 0 radical (unpaired) electrons. The van der Waals surface area contributed by atoms with E-state index in [9.17, 15) is 13.2 Å². The van der Waals surface area contributed by atoms with Crippen LogP contribution in [-0.4, -0.2) is 29.0 Å². The predicted molar refractivity (Wildman–Crippen MR) is 138 cm³/mol. The van der Waals surface area contributed by atoms with E-state index in [0.29, 0.717) is 22.1 Å². The Kier molecular flexibility index (Phi) is 8.48. The van der Waals surface area contributed by atoms with Gasteiger partial charge in [-0.05, 0) is 72.1 Å². The molecule has 1 aliphatic heterocycles. The number of alkyl halides is 3. The lowest BCUT2D eigenvalue weighted by atomic mass is 9.81. The second-order valence-corrected chi connectivity index (χ2v) is 10.6. The number of benzene rings is 2. The monoisotopic (exact) mass is 504 g/mol. The molecule has 3 nitrogen and oxygen atoms in total. The van der Waals surface area contributed by atoms with Crippen molar-refractivity contribution in [3.8, 4) is 0 Å². The molecule has 1 aliphatic carbocycles. The minimum atomic E-state index is -4.37. The van der Waals surface area contributed by atoms with Gasteiger partial charge in [0.25, 0.3) is 0 Å². The fourth-order valence-electron chi connectivity index (χ4n) is 5.21. The molecule has 0 amide bonds. The summed E-state index contributed by atoms with van der Waals surface area (Å²) in [6.07, 6.45) is 1.31. The van der Waals surface area contributed by atoms with Crippen molar-refractivity contribution in [1.82, 2.24) is 4.90 Å². The van der Waals surface area contributed by atoms with Crippen molar-refractivity contribution in [3.05, 3.63) is 69.8 Å². The molecule has 2 aromatic carbocycles. The number of hydrogen-bond acceptors (Lipinski definition) is 4. The van der Waals surface area contributed by atoms with Gasteiger partial charge in [0.1, 0.15) is 6.61 Å². The van der Waals surface area contributed by atoms with Gasteiger partial charge in [-0.15, -0.1) is 0 Å². The van der Waals surface area contributed by atoms with Crippen LogP contribution in [0.1, 0.15) is 85.3 Å². The smallest absolute Gasteiger partial charge is 0.391 e. The van der Waals surface area contributed by atoms with Crippen LogP contribution in [0.4, 0.5) is 13.2 Å². The average molecular weight is 505 g/mol. The quantitative estimate of drug-likeness (QED) is 0.231. The van der Waals surface area contributed by atoms with Gasteiger partial charge in [0.15, 0.2) is 0 Å². The van der Waals surface area contributed by atoms with E-state index in [4.69, 9.17) is 4.84 Å². The van der Waals surface area contributed by atoms with Crippen molar-refractivity contribution < 1.29 is 18.0 Å². The van der Waals surface area contributed by atoms with E-state index in [2.05, 4.69) is 41.7 Å². The summed E-state index contributed by atoms with van der Waals surface area (Å²) in [5, 5.41) is 4.69. The van der Waals surface area contributed by atoms with Crippen LogP contribution in [0.5, 0.6) is 0 Å². The molecule has 0 unspecified atom stereocenters. The highest BCUT2D eigenvalue weighted by Gasteiger charge is 2.35. The number of nitrogens with zero attached hydrogens (tertiary/aromatic N) is 2. The molecule has 2 aliphatic rings. The van der Waals surface area contributed by atoms with Gasteiger partial charge in [-0.3, -0.25) is 4.90 Å². The van der Waals surface area contributed by atoms with Crippen molar-refractivity contribution >= 4 is 18.3 Å². The van der Waals surface area contributed by atoms with E-state index in [1.165, 1.54) is 17.2 Å². The van der Waals surface area contributed by atoms with Gasteiger partial charge in [-0.2, -0.15) is 25.8 Å². The normalized spacial score (nSPS) is 18.5. The van der Waals surface area contributed by atoms with Crippen molar-refractivity contribution in [3.63, 3.8) is 0 Å². The minimum Gasteiger partial charge on any atom is -0.391 e. The zero-order valence-corrected chi connectivity index (χ0v) is 21.5. The van der Waals surface area contributed by atoms with E-state index in [1.807, 2.05) is 13.0 Å². The average Bonchev–Trinajstić information content (AvgIpc) is 2.83. The number of likely N-dealkylation sites (tertiary alicyclic amines) is 1. The maximum Gasteiger partial charge on any atom is 0.416 e. The van der Waals surface area contributed by atoms with Crippen LogP contribution in [0.2, 0.25) is 0 Å². The number of hydrogen-bond donors (Lipinski definition) is 1. The van der Waals surface area contributed by atoms with Crippen LogP contribution >= 0.6 is 12.6 Å². The van der Waals surface area contributed by atoms with E-state index in [-0.39, 0.29) is 12.5 Å². The first kappa shape index (κ1) is 26.1. The zero-order chi connectivity index (χ0) is 25.0. The topological polar surface area (TPSA) is 24.8 Å². The van der Waals surface area contributed by atoms with Gasteiger partial charge < -0.3 is 4.84 Å². The summed E-state index contributed by atoms with van der Waals surface area (Å²) in [5.74, 6) is -0.00763. The number of thiol groups is 1. The maximum absolute atomic E-state index is 13.8. The largest absolute Gasteiger partial charge is 0.416 e. The van der Waals surface area contributed by atoms with Crippen molar-refractivity contribution in [2.24, 2.45) is 5.16 Å². The highest BCUT2D eigenvalue weighted by atomic mass is 32.1. The zero-order valence-electron chi connectivity index (χ0n) is 20.6. The third-order valence-electron chi connectivity index (χ3n) is 7.24. The lowest BCUT2D eigenvalue weighted by molar-refractivity contribution is -0.138. The standard InChI is InChI=1S/C28H35F3N2OS/c1-3-21-14-23(10-11-24(21)15-33-16-25(35)17-33)19(2)32-34-18-20-9-12-26(22-7-5-4-6-8-22)27(13-20)28(29,30)31/h9-14,22,25,35H,3-8,15-18H2,1-2H3/b32-19+. The summed E-state index contributed by atoms with van der Waals surface area (Å²) in [5.41, 5.74) is 4.63. The van der Waals surface area contributed by atoms with Gasteiger partial charge in [0.2, 0.25) is 0 Å². The molecule has 190 valence electrons. The minimum absolute atomic E-state index is 0.00391. The van der Waals surface area contributed by atoms with E-state index < -0.39 is 11.7 Å². The molecule has 0 bridgehead atoms. The summed E-state index contributed by atoms with van der Waals surface area (Å²) >= 11 is 4.48. The van der Waals surface area contributed by atoms with Crippen LogP contribution in [0, 0.1) is 0 Å². The van der Waals surface area contributed by atoms with Crippen LogP contribution in [0.15, 0.2) is 41.6 Å². The van der Waals surface area contributed by atoms with Gasteiger partial charge in [0.05, 0.1) is 11.3 Å². The van der Waals surface area contributed by atoms with Crippen molar-refractivity contribution in [2.45, 2.75) is 82.9 Å². The van der Waals surface area contributed by atoms with Crippen LogP contribution < -0.4 is 0 Å². The van der Waals surface area contributed by atoms with Crippen molar-refractivity contribution in [1.29, 1.82) is 0 Å². The second-order valence-electron chi connectivity index (χ2n) is 9.89. The SMILES string of the molecule is CCc1cc(/C(C)=N/OCc2ccc(C3CCCCC3)c(C(F)(F)F)c2)ccc1CN1CC(S)C1. The molecule has 2 aromatic rings. The molecule has 0 spiro atoms. The number of aryl methyl sites for hydroxylation is 1. The summed E-state index contributed by atoms with van der Waals surface area (Å²) in [6.45, 7) is 6.95. The Morgan fingerprint density at radius 3 is 2.46 bits per heavy atom. The van der Waals surface area contributed by atoms with Crippen LogP contribution in [0.3, 0.4) is 0 Å². The molecule has 1 saturated heterocycles. The number of oxime groups is 1. The molecule has 0 N–H and O–H groups in total. The fourth-order valence-corrected chi connectivity index (χ4v) is 5.67. The third kappa shape index (κ3) is 6.62. The molecular weight excluding hydrogens is 469 g/mol. The molecule has 7 heteroatoms. The third-order valence-corrected chi connectivity index (χ3v) is 7.56. The van der Waals surface area contributed by atoms with Crippen molar-refractivity contribution in [2.75, 3.05) is 13.1 Å². The molecule has 1 saturated carbocycles. The molecule has 2 fully saturated rings. The number of rotatable bonds is 8. The molecule has 35 heavy (non-hydrogen) atoms. The number of halogens is 3. The Balaban J connectivity index is 1.42. The van der Waals surface area contributed by atoms with Gasteiger partial charge >= 0.3 is 6.18 Å². The summed E-state index contributed by atoms with van der Waals surface area (Å²) in [4.78, 5) is 7.88. The van der Waals surface area contributed by atoms with Crippen LogP contribution in [-0.2, 0) is 30.6 Å². The van der Waals surface area contributed by atoms with Gasteiger partial charge in [-0.25, -0.2) is 0 Å². The highest BCUT2D eigenvalue weighted by Crippen LogP contribution is 2.41. The van der Waals surface area contributed by atoms with Crippen LogP contribution in [0.25, 0.3) is 0 Å².